The van der Waals surface area contributed by atoms with E-state index >= 15 is 0 Å². The van der Waals surface area contributed by atoms with Gasteiger partial charge in [0.15, 0.2) is 0 Å². The van der Waals surface area contributed by atoms with Crippen LogP contribution in [0.4, 0.5) is 0 Å². The van der Waals surface area contributed by atoms with Crippen molar-refractivity contribution >= 4 is 10.8 Å². The van der Waals surface area contributed by atoms with Gasteiger partial charge >= 0.3 is 0 Å². The molecule has 0 saturated heterocycles. The number of hydrogen-bond acceptors (Lipinski definition) is 3. The van der Waals surface area contributed by atoms with Gasteiger partial charge in [-0.05, 0) is 36.8 Å². The molecule has 0 aliphatic heterocycles. The Labute approximate surface area is 108 Å². The molecule has 1 aromatic heterocycles. The van der Waals surface area contributed by atoms with Crippen LogP contribution in [-0.2, 0) is 6.54 Å². The van der Waals surface area contributed by atoms with Gasteiger partial charge in [-0.1, -0.05) is 18.2 Å². The molecule has 3 nitrogen and oxygen atoms in total. The lowest BCUT2D eigenvalue weighted by Crippen LogP contribution is -2.25. The fraction of sp³-hybridized carbons (Fsp3) is 0.400. The second-order valence-electron chi connectivity index (χ2n) is 4.66. The van der Waals surface area contributed by atoms with E-state index in [1.54, 1.807) is 0 Å². The summed E-state index contributed by atoms with van der Waals surface area (Å²) in [4.78, 5) is 4.14. The summed E-state index contributed by atoms with van der Waals surface area (Å²) in [5.74, 6) is 0. The lowest BCUT2D eigenvalue weighted by Gasteiger charge is -2.14. The molecule has 0 amide bonds. The summed E-state index contributed by atoms with van der Waals surface area (Å²) in [5, 5.41) is 14.7. The van der Waals surface area contributed by atoms with Gasteiger partial charge in [0, 0.05) is 37.0 Å². The SMILES string of the molecule is CC(CCCO)NCc1cccc2cnccc12. The van der Waals surface area contributed by atoms with Gasteiger partial charge in [0.1, 0.15) is 0 Å². The van der Waals surface area contributed by atoms with Gasteiger partial charge in [-0.15, -0.1) is 0 Å². The van der Waals surface area contributed by atoms with Crippen molar-refractivity contribution in [3.63, 3.8) is 0 Å². The Morgan fingerprint density at radius 3 is 3.06 bits per heavy atom. The minimum atomic E-state index is 0.270. The maximum Gasteiger partial charge on any atom is 0.0431 e. The number of aliphatic hydroxyl groups excluding tert-OH is 1. The van der Waals surface area contributed by atoms with Gasteiger partial charge in [0.2, 0.25) is 0 Å². The Hall–Kier alpha value is -1.45. The van der Waals surface area contributed by atoms with E-state index in [0.717, 1.165) is 19.4 Å². The van der Waals surface area contributed by atoms with Crippen LogP contribution in [0.5, 0.6) is 0 Å². The Morgan fingerprint density at radius 2 is 2.22 bits per heavy atom. The molecule has 1 atom stereocenters. The van der Waals surface area contributed by atoms with Gasteiger partial charge in [-0.25, -0.2) is 0 Å². The number of aliphatic hydroxyl groups is 1. The molecule has 2 aromatic rings. The smallest absolute Gasteiger partial charge is 0.0431 e. The molecule has 1 unspecified atom stereocenters. The van der Waals surface area contributed by atoms with Crippen molar-refractivity contribution in [2.75, 3.05) is 6.61 Å². The molecule has 0 radical (unpaired) electrons. The average Bonchev–Trinajstić information content (AvgIpc) is 2.42. The van der Waals surface area contributed by atoms with Crippen LogP contribution in [0.15, 0.2) is 36.7 Å². The van der Waals surface area contributed by atoms with E-state index in [4.69, 9.17) is 5.11 Å². The number of benzene rings is 1. The second-order valence-corrected chi connectivity index (χ2v) is 4.66. The molecule has 0 fully saturated rings. The van der Waals surface area contributed by atoms with Crippen LogP contribution in [-0.4, -0.2) is 22.7 Å². The van der Waals surface area contributed by atoms with Gasteiger partial charge < -0.3 is 10.4 Å². The first-order chi connectivity index (χ1) is 8.81. The first-order valence-electron chi connectivity index (χ1n) is 6.47. The highest BCUT2D eigenvalue weighted by Gasteiger charge is 2.03. The summed E-state index contributed by atoms with van der Waals surface area (Å²) >= 11 is 0. The van der Waals surface area contributed by atoms with Crippen molar-refractivity contribution in [1.82, 2.24) is 10.3 Å². The predicted molar refractivity (Wildman–Crippen MR) is 74.4 cm³/mol. The van der Waals surface area contributed by atoms with E-state index in [-0.39, 0.29) is 6.61 Å². The van der Waals surface area contributed by atoms with Crippen molar-refractivity contribution in [1.29, 1.82) is 0 Å². The zero-order valence-electron chi connectivity index (χ0n) is 10.8. The standard InChI is InChI=1S/C15H20N2O/c1-12(4-3-9-18)17-11-14-6-2-5-13-10-16-8-7-15(13)14/h2,5-8,10,12,17-18H,3-4,9,11H2,1H3. The monoisotopic (exact) mass is 244 g/mol. The highest BCUT2D eigenvalue weighted by atomic mass is 16.2. The molecule has 3 heteroatoms. The quantitative estimate of drug-likeness (QED) is 0.820. The summed E-state index contributed by atoms with van der Waals surface area (Å²) in [6, 6.07) is 8.79. The lowest BCUT2D eigenvalue weighted by atomic mass is 10.1. The average molecular weight is 244 g/mol. The molecule has 0 aliphatic carbocycles. The fourth-order valence-corrected chi connectivity index (χ4v) is 2.13. The van der Waals surface area contributed by atoms with Crippen molar-refractivity contribution < 1.29 is 5.11 Å². The summed E-state index contributed by atoms with van der Waals surface area (Å²) < 4.78 is 0. The van der Waals surface area contributed by atoms with Crippen LogP contribution in [0, 0.1) is 0 Å². The molecule has 0 saturated carbocycles. The lowest BCUT2D eigenvalue weighted by molar-refractivity contribution is 0.276. The zero-order valence-corrected chi connectivity index (χ0v) is 10.8. The van der Waals surface area contributed by atoms with Crippen molar-refractivity contribution in [3.8, 4) is 0 Å². The third-order valence-corrected chi connectivity index (χ3v) is 3.21. The Bertz CT molecular complexity index is 493. The summed E-state index contributed by atoms with van der Waals surface area (Å²) in [6.07, 6.45) is 5.59. The molecule has 0 bridgehead atoms. The molecule has 2 N–H and O–H groups in total. The summed E-state index contributed by atoms with van der Waals surface area (Å²) in [6.45, 7) is 3.28. The van der Waals surface area contributed by atoms with E-state index in [2.05, 4.69) is 41.5 Å². The molecular weight excluding hydrogens is 224 g/mol. The van der Waals surface area contributed by atoms with Crippen LogP contribution in [0.1, 0.15) is 25.3 Å². The number of hydrogen-bond donors (Lipinski definition) is 2. The molecule has 18 heavy (non-hydrogen) atoms. The second kappa shape index (κ2) is 6.47. The topological polar surface area (TPSA) is 45.1 Å². The summed E-state index contributed by atoms with van der Waals surface area (Å²) in [5.41, 5.74) is 1.30. The number of nitrogens with zero attached hydrogens (tertiary/aromatic N) is 1. The zero-order chi connectivity index (χ0) is 12.8. The number of pyridine rings is 1. The molecule has 96 valence electrons. The van der Waals surface area contributed by atoms with Crippen LogP contribution in [0.2, 0.25) is 0 Å². The number of rotatable bonds is 6. The molecular formula is C15H20N2O. The van der Waals surface area contributed by atoms with Gasteiger partial charge in [0.05, 0.1) is 0 Å². The fourth-order valence-electron chi connectivity index (χ4n) is 2.13. The maximum atomic E-state index is 8.81. The molecule has 2 rings (SSSR count). The Morgan fingerprint density at radius 1 is 1.33 bits per heavy atom. The van der Waals surface area contributed by atoms with E-state index in [1.165, 1.54) is 16.3 Å². The third-order valence-electron chi connectivity index (χ3n) is 3.21. The van der Waals surface area contributed by atoms with Gasteiger partial charge in [-0.3, -0.25) is 4.98 Å². The largest absolute Gasteiger partial charge is 0.396 e. The highest BCUT2D eigenvalue weighted by Crippen LogP contribution is 2.17. The van der Waals surface area contributed by atoms with Gasteiger partial charge in [-0.2, -0.15) is 0 Å². The molecule has 1 heterocycles. The normalized spacial score (nSPS) is 12.8. The first-order valence-corrected chi connectivity index (χ1v) is 6.47. The Kier molecular flexibility index (Phi) is 4.67. The highest BCUT2D eigenvalue weighted by molar-refractivity contribution is 5.84. The van der Waals surface area contributed by atoms with Crippen LogP contribution in [0.3, 0.4) is 0 Å². The van der Waals surface area contributed by atoms with E-state index in [9.17, 15) is 0 Å². The van der Waals surface area contributed by atoms with Crippen LogP contribution >= 0.6 is 0 Å². The summed E-state index contributed by atoms with van der Waals surface area (Å²) in [7, 11) is 0. The molecule has 0 aliphatic rings. The van der Waals surface area contributed by atoms with Crippen molar-refractivity contribution in [2.24, 2.45) is 0 Å². The molecule has 1 aromatic carbocycles. The van der Waals surface area contributed by atoms with Crippen LogP contribution < -0.4 is 5.32 Å². The number of fused-ring (bicyclic) bond motifs is 1. The van der Waals surface area contributed by atoms with E-state index < -0.39 is 0 Å². The third kappa shape index (κ3) is 3.28. The maximum absolute atomic E-state index is 8.81. The molecule has 0 spiro atoms. The van der Waals surface area contributed by atoms with Crippen LogP contribution in [0.25, 0.3) is 10.8 Å². The van der Waals surface area contributed by atoms with E-state index in [1.807, 2.05) is 12.4 Å². The number of aromatic nitrogens is 1. The minimum Gasteiger partial charge on any atom is -0.396 e. The van der Waals surface area contributed by atoms with E-state index in [0.29, 0.717) is 6.04 Å². The van der Waals surface area contributed by atoms with Crippen molar-refractivity contribution in [3.05, 3.63) is 42.2 Å². The van der Waals surface area contributed by atoms with Crippen molar-refractivity contribution in [2.45, 2.75) is 32.4 Å². The number of nitrogens with one attached hydrogen (secondary N) is 1. The minimum absolute atomic E-state index is 0.270. The predicted octanol–water partition coefficient (Wildman–Crippen LogP) is 2.49. The first kappa shape index (κ1) is 13.0. The Balaban J connectivity index is 2.03. The van der Waals surface area contributed by atoms with Gasteiger partial charge in [0.25, 0.3) is 0 Å².